The number of nitrogens with one attached hydrogen (secondary N) is 2. The van der Waals surface area contributed by atoms with Gasteiger partial charge in [0, 0.05) is 70.1 Å². The maximum atomic E-state index is 13.8. The number of hydrogen-bond donors (Lipinski definition) is 3. The number of hydrogen-bond acceptors (Lipinski definition) is 7. The lowest BCUT2D eigenvalue weighted by Crippen LogP contribution is -2.45. The van der Waals surface area contributed by atoms with E-state index in [4.69, 9.17) is 30.5 Å². The molecular weight excluding hydrogens is 595 g/mol. The Morgan fingerprint density at radius 2 is 1.49 bits per heavy atom. The van der Waals surface area contributed by atoms with Gasteiger partial charge in [-0.3, -0.25) is 0 Å². The predicted octanol–water partition coefficient (Wildman–Crippen LogP) is 6.84. The number of rotatable bonds is 16. The first kappa shape index (κ1) is 37.7. The van der Waals surface area contributed by atoms with E-state index in [1.165, 1.54) is 30.5 Å². The van der Waals surface area contributed by atoms with E-state index in [0.717, 1.165) is 82.8 Å². The van der Waals surface area contributed by atoms with E-state index in [1.807, 2.05) is 19.2 Å². The Kier molecular flexibility index (Phi) is 16.6. The highest BCUT2D eigenvalue weighted by Gasteiger charge is 2.42. The molecule has 2 aromatic carbocycles. The second-order valence-corrected chi connectivity index (χ2v) is 12.8. The lowest BCUT2D eigenvalue weighted by atomic mass is 9.74. The average Bonchev–Trinajstić information content (AvgIpc) is 3.08. The molecular formula is C36H56ClFN2O5. The fourth-order valence-electron chi connectivity index (χ4n) is 7.08. The molecule has 2 fully saturated rings. The van der Waals surface area contributed by atoms with Crippen molar-refractivity contribution in [3.63, 3.8) is 0 Å². The third-order valence-corrected chi connectivity index (χ3v) is 9.77. The van der Waals surface area contributed by atoms with Crippen LogP contribution in [0.4, 0.5) is 4.39 Å². The van der Waals surface area contributed by atoms with Crippen LogP contribution >= 0.6 is 11.6 Å². The summed E-state index contributed by atoms with van der Waals surface area (Å²) < 4.78 is 35.7. The molecule has 2 saturated heterocycles. The van der Waals surface area contributed by atoms with Crippen LogP contribution in [0.1, 0.15) is 75.3 Å². The van der Waals surface area contributed by atoms with Crippen molar-refractivity contribution in [3.8, 4) is 5.75 Å². The van der Waals surface area contributed by atoms with E-state index in [1.54, 1.807) is 27.4 Å². The highest BCUT2D eigenvalue weighted by atomic mass is 35.5. The van der Waals surface area contributed by atoms with E-state index < -0.39 is 5.60 Å². The maximum Gasteiger partial charge on any atom is 0.125 e. The minimum absolute atomic E-state index is 0.0505. The summed E-state index contributed by atoms with van der Waals surface area (Å²) in [4.78, 5) is 0. The van der Waals surface area contributed by atoms with Crippen LogP contribution < -0.4 is 15.4 Å². The lowest BCUT2D eigenvalue weighted by Gasteiger charge is -2.42. The summed E-state index contributed by atoms with van der Waals surface area (Å²) in [6, 6.07) is 12.6. The molecule has 0 spiro atoms. The monoisotopic (exact) mass is 650 g/mol. The van der Waals surface area contributed by atoms with Gasteiger partial charge in [0.05, 0.1) is 18.3 Å². The van der Waals surface area contributed by atoms with Gasteiger partial charge in [0.15, 0.2) is 0 Å². The van der Waals surface area contributed by atoms with Gasteiger partial charge in [-0.25, -0.2) is 4.39 Å². The van der Waals surface area contributed by atoms with Crippen molar-refractivity contribution in [2.24, 2.45) is 11.8 Å². The van der Waals surface area contributed by atoms with Crippen LogP contribution in [0.25, 0.3) is 0 Å². The van der Waals surface area contributed by atoms with Crippen LogP contribution in [0.3, 0.4) is 0 Å². The molecule has 9 heteroatoms. The number of aliphatic hydroxyl groups is 1. The third-order valence-electron chi connectivity index (χ3n) is 9.54. The van der Waals surface area contributed by atoms with Crippen LogP contribution in [-0.2, 0) is 25.4 Å². The van der Waals surface area contributed by atoms with E-state index in [9.17, 15) is 9.50 Å². The van der Waals surface area contributed by atoms with Crippen LogP contribution in [0, 0.1) is 17.7 Å². The minimum Gasteiger partial charge on any atom is -0.496 e. The Morgan fingerprint density at radius 1 is 0.844 bits per heavy atom. The second-order valence-electron chi connectivity index (χ2n) is 12.4. The predicted molar refractivity (Wildman–Crippen MR) is 180 cm³/mol. The van der Waals surface area contributed by atoms with E-state index in [-0.39, 0.29) is 17.3 Å². The zero-order chi connectivity index (χ0) is 32.5. The average molecular weight is 651 g/mol. The van der Waals surface area contributed by atoms with Gasteiger partial charge >= 0.3 is 0 Å². The van der Waals surface area contributed by atoms with Gasteiger partial charge in [0.25, 0.3) is 0 Å². The van der Waals surface area contributed by atoms with Gasteiger partial charge in [0.2, 0.25) is 0 Å². The highest BCUT2D eigenvalue weighted by Crippen LogP contribution is 2.43. The first-order valence-electron chi connectivity index (χ1n) is 16.6. The lowest BCUT2D eigenvalue weighted by molar-refractivity contribution is -0.0800. The first-order valence-corrected chi connectivity index (χ1v) is 17.0. The molecule has 0 saturated carbocycles. The summed E-state index contributed by atoms with van der Waals surface area (Å²) in [7, 11) is 6.82. The molecule has 2 heterocycles. The standard InChI is InChI=1S/C18H28ClNO2.C18H28FNO3/c1-21-12-4-3-10-18(22-2,16-8-6-11-20-14-16)15-7-5-9-17(19)13-15;1-22-11-4-3-9-18(21,14-6-5-10-20-13-14)16-12-15(19)7-8-17(16)23-2/h5,7,9,13,16,20H,3-4,6,8,10-12,14H2,1-2H3;7-8,12,14,20-21H,3-6,9-11,13H2,1-2H3/t16-,18-;14-,18+/m11/s1. The van der Waals surface area contributed by atoms with Gasteiger partial charge in [-0.1, -0.05) is 23.7 Å². The Bertz CT molecular complexity index is 1110. The SMILES string of the molecule is COCCCC[C@@](O)(c1cc(F)ccc1OC)[C@@H]1CCCNC1.COCCCC[C@@](OC)(c1cccc(Cl)c1)[C@@H]1CCCNC1. The molecule has 0 aliphatic carbocycles. The molecule has 0 bridgehead atoms. The molecule has 0 amide bonds. The number of methoxy groups -OCH3 is 4. The molecule has 0 radical (unpaired) electrons. The Hall–Kier alpha value is -1.78. The summed E-state index contributed by atoms with van der Waals surface area (Å²) in [5.41, 5.74) is 0.417. The third kappa shape index (κ3) is 10.6. The van der Waals surface area contributed by atoms with Crippen molar-refractivity contribution in [2.45, 2.75) is 75.4 Å². The Balaban J connectivity index is 0.000000246. The van der Waals surface area contributed by atoms with Crippen molar-refractivity contribution in [2.75, 3.05) is 67.8 Å². The zero-order valence-electron chi connectivity index (χ0n) is 27.8. The van der Waals surface area contributed by atoms with Crippen molar-refractivity contribution in [3.05, 3.63) is 64.4 Å². The molecule has 7 nitrogen and oxygen atoms in total. The van der Waals surface area contributed by atoms with Crippen molar-refractivity contribution in [1.82, 2.24) is 10.6 Å². The number of ether oxygens (including phenoxy) is 4. The van der Waals surface area contributed by atoms with E-state index in [0.29, 0.717) is 30.3 Å². The molecule has 3 N–H and O–H groups in total. The molecule has 254 valence electrons. The van der Waals surface area contributed by atoms with Crippen LogP contribution in [-0.4, -0.2) is 72.9 Å². The fraction of sp³-hybridized carbons (Fsp3) is 0.667. The largest absolute Gasteiger partial charge is 0.496 e. The summed E-state index contributed by atoms with van der Waals surface area (Å²) in [5.74, 6) is 0.729. The molecule has 2 aromatic rings. The summed E-state index contributed by atoms with van der Waals surface area (Å²) in [5, 5.41) is 19.2. The minimum atomic E-state index is -1.09. The molecule has 2 aliphatic rings. The van der Waals surface area contributed by atoms with Gasteiger partial charge in [0.1, 0.15) is 11.6 Å². The normalized spacial score (nSPS) is 21.2. The number of halogens is 2. The quantitative estimate of drug-likeness (QED) is 0.172. The maximum absolute atomic E-state index is 13.8. The molecule has 45 heavy (non-hydrogen) atoms. The van der Waals surface area contributed by atoms with Crippen LogP contribution in [0.15, 0.2) is 42.5 Å². The Labute approximate surface area is 275 Å². The summed E-state index contributed by atoms with van der Waals surface area (Å²) in [6.07, 6.45) is 9.74. The summed E-state index contributed by atoms with van der Waals surface area (Å²) >= 11 is 6.24. The van der Waals surface area contributed by atoms with Gasteiger partial charge in [-0.15, -0.1) is 0 Å². The molecule has 2 aliphatic heterocycles. The Morgan fingerprint density at radius 3 is 2.04 bits per heavy atom. The smallest absolute Gasteiger partial charge is 0.125 e. The zero-order valence-corrected chi connectivity index (χ0v) is 28.6. The van der Waals surface area contributed by atoms with Crippen molar-refractivity contribution >= 4 is 11.6 Å². The first-order chi connectivity index (χ1) is 21.8. The van der Waals surface area contributed by atoms with Gasteiger partial charge in [-0.2, -0.15) is 0 Å². The van der Waals surface area contributed by atoms with Gasteiger partial charge in [-0.05, 0) is 113 Å². The number of piperidine rings is 2. The summed E-state index contributed by atoms with van der Waals surface area (Å²) in [6.45, 7) is 5.29. The highest BCUT2D eigenvalue weighted by molar-refractivity contribution is 6.30. The van der Waals surface area contributed by atoms with Crippen molar-refractivity contribution in [1.29, 1.82) is 0 Å². The van der Waals surface area contributed by atoms with Gasteiger partial charge < -0.3 is 34.7 Å². The molecule has 0 unspecified atom stereocenters. The molecule has 4 atom stereocenters. The molecule has 0 aromatic heterocycles. The van der Waals surface area contributed by atoms with E-state index in [2.05, 4.69) is 22.8 Å². The number of benzene rings is 2. The van der Waals surface area contributed by atoms with Crippen LogP contribution in [0.2, 0.25) is 5.02 Å². The fourth-order valence-corrected chi connectivity index (χ4v) is 7.27. The topological polar surface area (TPSA) is 81.2 Å². The van der Waals surface area contributed by atoms with Crippen molar-refractivity contribution < 1.29 is 28.4 Å². The molecule has 4 rings (SSSR count). The van der Waals surface area contributed by atoms with E-state index >= 15 is 0 Å². The van der Waals surface area contributed by atoms with Crippen LogP contribution in [0.5, 0.6) is 5.75 Å². The second kappa shape index (κ2) is 19.8. The number of unbranched alkanes of at least 4 members (excludes halogenated alkanes) is 2.